The van der Waals surface area contributed by atoms with Crippen LogP contribution in [-0.4, -0.2) is 77.7 Å². The highest BCUT2D eigenvalue weighted by Crippen LogP contribution is 2.23. The summed E-state index contributed by atoms with van der Waals surface area (Å²) in [4.78, 5) is 14.4. The Balaban J connectivity index is 1.71. The fourth-order valence-electron chi connectivity index (χ4n) is 3.32. The van der Waals surface area contributed by atoms with Gasteiger partial charge in [0.2, 0.25) is 0 Å². The molecule has 2 aromatic carbocycles. The zero-order valence-electron chi connectivity index (χ0n) is 17.1. The normalized spacial score (nSPS) is 26.4. The Kier molecular flexibility index (Phi) is 6.90. The van der Waals surface area contributed by atoms with Crippen LogP contribution in [0.25, 0.3) is 16.8 Å². The lowest BCUT2D eigenvalue weighted by atomic mass is 9.99. The van der Waals surface area contributed by atoms with Crippen LogP contribution in [0.15, 0.2) is 42.0 Å². The molecule has 2 aromatic rings. The van der Waals surface area contributed by atoms with E-state index >= 15 is 0 Å². The fraction of sp³-hybridized carbons (Fsp3) is 0.364. The number of aliphatic hydroxyl groups excluding tert-OH is 4. The first kappa shape index (κ1) is 22.7. The van der Waals surface area contributed by atoms with Crippen molar-refractivity contribution in [3.63, 3.8) is 0 Å². The number of hydrogen-bond acceptors (Lipinski definition) is 8. The zero-order valence-corrected chi connectivity index (χ0v) is 17.1. The molecule has 1 fully saturated rings. The average Bonchev–Trinajstić information content (AvgIpc) is 2.76. The molecular formula is C22H25N3O6. The van der Waals surface area contributed by atoms with E-state index in [1.54, 1.807) is 6.07 Å². The first-order valence-corrected chi connectivity index (χ1v) is 9.70. The molecule has 31 heavy (non-hydrogen) atoms. The first-order chi connectivity index (χ1) is 14.7. The van der Waals surface area contributed by atoms with Crippen molar-refractivity contribution in [3.8, 4) is 6.07 Å². The van der Waals surface area contributed by atoms with Crippen molar-refractivity contribution < 1.29 is 30.0 Å². The molecule has 3 rings (SSSR count). The van der Waals surface area contributed by atoms with Crippen LogP contribution < -0.4 is 10.2 Å². The Morgan fingerprint density at radius 2 is 1.77 bits per heavy atom. The van der Waals surface area contributed by atoms with Crippen molar-refractivity contribution >= 4 is 28.4 Å². The van der Waals surface area contributed by atoms with Crippen molar-refractivity contribution in [2.24, 2.45) is 0 Å². The minimum absolute atomic E-state index is 0.157. The number of carbonyl (C=O) groups excluding carboxylic acids is 1. The van der Waals surface area contributed by atoms with Gasteiger partial charge in [0.25, 0.3) is 5.91 Å². The number of nitrogens with zero attached hydrogens (tertiary/aromatic N) is 2. The molecule has 164 valence electrons. The molecule has 5 atom stereocenters. The summed E-state index contributed by atoms with van der Waals surface area (Å²) in [5.74, 6) is -0.698. The Labute approximate surface area is 179 Å². The number of fused-ring (bicyclic) bond motifs is 1. The van der Waals surface area contributed by atoms with E-state index in [0.717, 1.165) is 16.5 Å². The molecule has 9 heteroatoms. The number of ether oxygens (including phenoxy) is 1. The van der Waals surface area contributed by atoms with Crippen LogP contribution in [-0.2, 0) is 9.53 Å². The Morgan fingerprint density at radius 1 is 1.10 bits per heavy atom. The van der Waals surface area contributed by atoms with E-state index in [1.165, 1.54) is 6.08 Å². The van der Waals surface area contributed by atoms with Crippen LogP contribution in [0.1, 0.15) is 5.56 Å². The van der Waals surface area contributed by atoms with E-state index in [-0.39, 0.29) is 12.1 Å². The maximum Gasteiger partial charge on any atom is 0.262 e. The average molecular weight is 427 g/mol. The summed E-state index contributed by atoms with van der Waals surface area (Å²) >= 11 is 0. The molecule has 0 aromatic heterocycles. The van der Waals surface area contributed by atoms with Crippen LogP contribution in [0, 0.1) is 11.3 Å². The summed E-state index contributed by atoms with van der Waals surface area (Å²) in [5.41, 5.74) is 1.57. The van der Waals surface area contributed by atoms with Gasteiger partial charge in [-0.15, -0.1) is 0 Å². The third kappa shape index (κ3) is 5.02. The highest BCUT2D eigenvalue weighted by molar-refractivity contribution is 6.02. The number of amides is 1. The second-order valence-corrected chi connectivity index (χ2v) is 7.60. The van der Waals surface area contributed by atoms with E-state index < -0.39 is 36.6 Å². The number of nitrogens with one attached hydrogen (secondary N) is 1. The zero-order chi connectivity index (χ0) is 22.7. The molecular weight excluding hydrogens is 402 g/mol. The Bertz CT molecular complexity index is 1030. The summed E-state index contributed by atoms with van der Waals surface area (Å²) in [6.07, 6.45) is -6.19. The molecule has 1 heterocycles. The molecule has 1 unspecified atom stereocenters. The monoisotopic (exact) mass is 427 g/mol. The lowest BCUT2D eigenvalue weighted by molar-refractivity contribution is -0.280. The number of anilines is 1. The molecule has 0 bridgehead atoms. The maximum atomic E-state index is 12.4. The van der Waals surface area contributed by atoms with Gasteiger partial charge in [0.05, 0.1) is 0 Å². The molecule has 9 nitrogen and oxygen atoms in total. The second-order valence-electron chi connectivity index (χ2n) is 7.60. The molecule has 1 aliphatic rings. The number of carbonyl (C=O) groups is 1. The lowest BCUT2D eigenvalue weighted by Crippen LogP contribution is -2.60. The fourth-order valence-corrected chi connectivity index (χ4v) is 3.32. The van der Waals surface area contributed by atoms with Crippen LogP contribution >= 0.6 is 0 Å². The minimum atomic E-state index is -1.70. The van der Waals surface area contributed by atoms with Gasteiger partial charge in [0.15, 0.2) is 6.29 Å². The van der Waals surface area contributed by atoms with Gasteiger partial charge in [0, 0.05) is 26.3 Å². The molecule has 1 amide bonds. The molecule has 0 radical (unpaired) electrons. The summed E-state index contributed by atoms with van der Waals surface area (Å²) in [6.45, 7) is -0.273. The summed E-state index contributed by atoms with van der Waals surface area (Å²) < 4.78 is 5.01. The van der Waals surface area contributed by atoms with Crippen LogP contribution in [0.3, 0.4) is 0 Å². The van der Waals surface area contributed by atoms with Crippen LogP contribution in [0.5, 0.6) is 0 Å². The van der Waals surface area contributed by atoms with E-state index in [4.69, 9.17) is 4.74 Å². The first-order valence-electron chi connectivity index (χ1n) is 9.70. The number of nitriles is 1. The van der Waals surface area contributed by atoms with Crippen molar-refractivity contribution in [1.82, 2.24) is 5.32 Å². The van der Waals surface area contributed by atoms with Gasteiger partial charge >= 0.3 is 0 Å². The molecule has 0 spiro atoms. The van der Waals surface area contributed by atoms with Gasteiger partial charge in [-0.2, -0.15) is 5.26 Å². The van der Waals surface area contributed by atoms with Gasteiger partial charge in [-0.05, 0) is 40.6 Å². The van der Waals surface area contributed by atoms with E-state index in [2.05, 4.69) is 5.32 Å². The van der Waals surface area contributed by atoms with Gasteiger partial charge in [-0.1, -0.05) is 18.2 Å². The Hall–Kier alpha value is -3.00. The third-order valence-electron chi connectivity index (χ3n) is 5.19. The predicted molar refractivity (Wildman–Crippen MR) is 114 cm³/mol. The molecule has 1 aliphatic heterocycles. The highest BCUT2D eigenvalue weighted by Gasteiger charge is 2.42. The standard InChI is InChI=1S/C22H25N3O6/c1-25(2)16-6-5-13-7-12(3-4-14(13)9-16)8-15(10-23)21(29)24-11-17-18(26)19(27)20(28)22(30)31-17/h3-9,17-20,22,26-28,30H,11H2,1-2H3,(H,24,29)/b15-8+/t17-,18-,19+,20-,22?/m1/s1. The van der Waals surface area contributed by atoms with Gasteiger partial charge in [0.1, 0.15) is 36.1 Å². The number of rotatable bonds is 5. The Morgan fingerprint density at radius 3 is 2.45 bits per heavy atom. The van der Waals surface area contributed by atoms with E-state index in [9.17, 15) is 30.5 Å². The van der Waals surface area contributed by atoms with E-state index in [0.29, 0.717) is 5.56 Å². The van der Waals surface area contributed by atoms with Crippen molar-refractivity contribution in [2.75, 3.05) is 25.5 Å². The summed E-state index contributed by atoms with van der Waals surface area (Å²) in [7, 11) is 3.91. The quantitative estimate of drug-likeness (QED) is 0.324. The smallest absolute Gasteiger partial charge is 0.262 e. The largest absolute Gasteiger partial charge is 0.388 e. The topological polar surface area (TPSA) is 146 Å². The second kappa shape index (κ2) is 9.43. The lowest BCUT2D eigenvalue weighted by Gasteiger charge is -2.38. The maximum absolute atomic E-state index is 12.4. The van der Waals surface area contributed by atoms with Crippen LogP contribution in [0.2, 0.25) is 0 Å². The van der Waals surface area contributed by atoms with Gasteiger partial charge in [-0.3, -0.25) is 4.79 Å². The third-order valence-corrected chi connectivity index (χ3v) is 5.19. The van der Waals surface area contributed by atoms with E-state index in [1.807, 2.05) is 55.4 Å². The van der Waals surface area contributed by atoms with Crippen LogP contribution in [0.4, 0.5) is 5.69 Å². The SMILES string of the molecule is CN(C)c1ccc2cc(/C=C(\C#N)C(=O)NC[C@H]3OC(O)[C@H](O)[C@@H](O)[C@@H]3O)ccc2c1. The molecule has 0 saturated carbocycles. The molecule has 5 N–H and O–H groups in total. The van der Waals surface area contributed by atoms with Crippen molar-refractivity contribution in [3.05, 3.63) is 47.5 Å². The number of benzene rings is 2. The van der Waals surface area contributed by atoms with Gasteiger partial charge in [-0.25, -0.2) is 0 Å². The highest BCUT2D eigenvalue weighted by atomic mass is 16.6. The van der Waals surface area contributed by atoms with Crippen molar-refractivity contribution in [2.45, 2.75) is 30.7 Å². The number of hydrogen-bond donors (Lipinski definition) is 5. The minimum Gasteiger partial charge on any atom is -0.388 e. The predicted octanol–water partition coefficient (Wildman–Crippen LogP) is -0.271. The van der Waals surface area contributed by atoms with Gasteiger partial charge < -0.3 is 35.4 Å². The molecule has 1 saturated heterocycles. The van der Waals surface area contributed by atoms with Crippen molar-refractivity contribution in [1.29, 1.82) is 5.26 Å². The summed E-state index contributed by atoms with van der Waals surface area (Å²) in [5, 5.41) is 52.5. The summed E-state index contributed by atoms with van der Waals surface area (Å²) in [6, 6.07) is 13.4. The molecule has 0 aliphatic carbocycles. The number of aliphatic hydroxyl groups is 4.